The molecule has 0 bridgehead atoms. The van der Waals surface area contributed by atoms with E-state index in [1.165, 1.54) is 5.56 Å². The molecule has 2 nitrogen and oxygen atoms in total. The van der Waals surface area contributed by atoms with E-state index >= 15 is 0 Å². The molecule has 80 valence electrons. The number of hydrogen-bond acceptors (Lipinski definition) is 3. The molecular formula is C9H13Br2NOS. The highest BCUT2D eigenvalue weighted by Gasteiger charge is 2.12. The number of methoxy groups -OCH3 is 1. The standard InChI is InChI=1S/C9H13Br2NOS/c1-13-4-2-3-7(12)6-5-8(10)14-9(6)11/h5,7H,2-4,12H2,1H3. The average Bonchev–Trinajstić information content (AvgIpc) is 2.45. The van der Waals surface area contributed by atoms with E-state index < -0.39 is 0 Å². The fraction of sp³-hybridized carbons (Fsp3) is 0.556. The van der Waals surface area contributed by atoms with E-state index in [-0.39, 0.29) is 6.04 Å². The maximum Gasteiger partial charge on any atom is 0.0758 e. The first-order valence-electron chi connectivity index (χ1n) is 4.34. The second-order valence-electron chi connectivity index (χ2n) is 3.02. The van der Waals surface area contributed by atoms with Gasteiger partial charge in [0.25, 0.3) is 0 Å². The van der Waals surface area contributed by atoms with Crippen LogP contribution in [-0.2, 0) is 4.74 Å². The largest absolute Gasteiger partial charge is 0.385 e. The monoisotopic (exact) mass is 341 g/mol. The van der Waals surface area contributed by atoms with E-state index in [1.807, 2.05) is 0 Å². The van der Waals surface area contributed by atoms with Gasteiger partial charge < -0.3 is 10.5 Å². The Balaban J connectivity index is 2.51. The number of nitrogens with two attached hydrogens (primary N) is 1. The van der Waals surface area contributed by atoms with Crippen LogP contribution in [-0.4, -0.2) is 13.7 Å². The summed E-state index contributed by atoms with van der Waals surface area (Å²) in [7, 11) is 1.71. The lowest BCUT2D eigenvalue weighted by Gasteiger charge is -2.09. The van der Waals surface area contributed by atoms with Gasteiger partial charge in [-0.25, -0.2) is 0 Å². The Labute approximate surface area is 105 Å². The van der Waals surface area contributed by atoms with Gasteiger partial charge in [-0.1, -0.05) is 0 Å². The number of thiophene rings is 1. The lowest BCUT2D eigenvalue weighted by Crippen LogP contribution is -2.10. The lowest BCUT2D eigenvalue weighted by atomic mass is 10.1. The Morgan fingerprint density at radius 2 is 2.29 bits per heavy atom. The summed E-state index contributed by atoms with van der Waals surface area (Å²) in [5, 5.41) is 0. The first-order chi connectivity index (χ1) is 6.65. The molecule has 5 heteroatoms. The van der Waals surface area contributed by atoms with Crippen LogP contribution in [0.25, 0.3) is 0 Å². The van der Waals surface area contributed by atoms with Crippen LogP contribution in [0, 0.1) is 0 Å². The highest BCUT2D eigenvalue weighted by atomic mass is 79.9. The zero-order valence-corrected chi connectivity index (χ0v) is 11.9. The van der Waals surface area contributed by atoms with E-state index in [4.69, 9.17) is 10.5 Å². The van der Waals surface area contributed by atoms with Crippen LogP contribution in [0.5, 0.6) is 0 Å². The van der Waals surface area contributed by atoms with Crippen molar-refractivity contribution in [3.05, 3.63) is 19.2 Å². The predicted molar refractivity (Wildman–Crippen MR) is 67.8 cm³/mol. The minimum atomic E-state index is 0.0991. The SMILES string of the molecule is COCCCC(N)c1cc(Br)sc1Br. The fourth-order valence-corrected chi connectivity index (χ4v) is 4.21. The molecule has 1 rings (SSSR count). The van der Waals surface area contributed by atoms with Gasteiger partial charge in [-0.3, -0.25) is 0 Å². The van der Waals surface area contributed by atoms with Gasteiger partial charge in [-0.05, 0) is 56.3 Å². The van der Waals surface area contributed by atoms with Crippen molar-refractivity contribution in [1.29, 1.82) is 0 Å². The van der Waals surface area contributed by atoms with Gasteiger partial charge in [0.1, 0.15) is 0 Å². The van der Waals surface area contributed by atoms with Crippen molar-refractivity contribution in [2.45, 2.75) is 18.9 Å². The third-order valence-corrected chi connectivity index (χ3v) is 4.33. The van der Waals surface area contributed by atoms with Crippen LogP contribution in [0.1, 0.15) is 24.4 Å². The van der Waals surface area contributed by atoms with Gasteiger partial charge >= 0.3 is 0 Å². The van der Waals surface area contributed by atoms with Gasteiger partial charge in [0.15, 0.2) is 0 Å². The fourth-order valence-electron chi connectivity index (χ4n) is 1.21. The Morgan fingerprint density at radius 1 is 1.57 bits per heavy atom. The second-order valence-corrected chi connectivity index (χ2v) is 6.77. The summed E-state index contributed by atoms with van der Waals surface area (Å²) in [6.45, 7) is 0.774. The summed E-state index contributed by atoms with van der Waals surface area (Å²) in [5.74, 6) is 0. The van der Waals surface area contributed by atoms with Crippen LogP contribution in [0.2, 0.25) is 0 Å². The number of ether oxygens (including phenoxy) is 1. The summed E-state index contributed by atoms with van der Waals surface area (Å²) in [5.41, 5.74) is 7.23. The van der Waals surface area contributed by atoms with E-state index in [0.29, 0.717) is 0 Å². The summed E-state index contributed by atoms with van der Waals surface area (Å²) < 4.78 is 7.22. The van der Waals surface area contributed by atoms with Crippen molar-refractivity contribution in [3.8, 4) is 0 Å². The van der Waals surface area contributed by atoms with Crippen molar-refractivity contribution in [2.24, 2.45) is 5.73 Å². The molecule has 0 aliphatic carbocycles. The third-order valence-electron chi connectivity index (χ3n) is 1.95. The summed E-state index contributed by atoms with van der Waals surface area (Å²) in [6, 6.07) is 2.17. The molecule has 0 aromatic carbocycles. The maximum absolute atomic E-state index is 6.05. The molecule has 1 aromatic heterocycles. The molecule has 0 radical (unpaired) electrons. The molecule has 0 aliphatic rings. The molecule has 14 heavy (non-hydrogen) atoms. The molecule has 1 aromatic rings. The average molecular weight is 343 g/mol. The highest BCUT2D eigenvalue weighted by Crippen LogP contribution is 2.35. The molecule has 0 saturated carbocycles. The van der Waals surface area contributed by atoms with Crippen LogP contribution in [0.4, 0.5) is 0 Å². The van der Waals surface area contributed by atoms with Crippen LogP contribution in [0.3, 0.4) is 0 Å². The van der Waals surface area contributed by atoms with E-state index in [1.54, 1.807) is 18.4 Å². The molecule has 0 fully saturated rings. The zero-order chi connectivity index (χ0) is 10.6. The van der Waals surface area contributed by atoms with Gasteiger partial charge in [0.05, 0.1) is 7.57 Å². The Kier molecular flexibility index (Phi) is 5.62. The van der Waals surface area contributed by atoms with Crippen LogP contribution >= 0.6 is 43.2 Å². The van der Waals surface area contributed by atoms with Gasteiger partial charge in [0, 0.05) is 19.8 Å². The van der Waals surface area contributed by atoms with Crippen LogP contribution in [0.15, 0.2) is 13.6 Å². The quantitative estimate of drug-likeness (QED) is 0.828. The lowest BCUT2D eigenvalue weighted by molar-refractivity contribution is 0.190. The molecule has 2 N–H and O–H groups in total. The number of hydrogen-bond donors (Lipinski definition) is 1. The summed E-state index contributed by atoms with van der Waals surface area (Å²) >= 11 is 8.60. The molecule has 0 aliphatic heterocycles. The topological polar surface area (TPSA) is 35.2 Å². The van der Waals surface area contributed by atoms with E-state index in [0.717, 1.165) is 27.0 Å². The molecule has 0 spiro atoms. The van der Waals surface area contributed by atoms with Crippen molar-refractivity contribution >= 4 is 43.2 Å². The molecule has 1 unspecified atom stereocenters. The summed E-state index contributed by atoms with van der Waals surface area (Å²) in [6.07, 6.45) is 1.95. The molecule has 0 saturated heterocycles. The molecular weight excluding hydrogens is 330 g/mol. The van der Waals surface area contributed by atoms with E-state index in [2.05, 4.69) is 37.9 Å². The van der Waals surface area contributed by atoms with E-state index in [9.17, 15) is 0 Å². The zero-order valence-electron chi connectivity index (χ0n) is 7.93. The van der Waals surface area contributed by atoms with Crippen molar-refractivity contribution < 1.29 is 4.74 Å². The van der Waals surface area contributed by atoms with Gasteiger partial charge in [-0.15, -0.1) is 11.3 Å². The van der Waals surface area contributed by atoms with Crippen LogP contribution < -0.4 is 5.73 Å². The van der Waals surface area contributed by atoms with Crippen molar-refractivity contribution in [1.82, 2.24) is 0 Å². The Bertz CT molecular complexity index is 290. The minimum Gasteiger partial charge on any atom is -0.385 e. The van der Waals surface area contributed by atoms with Crippen molar-refractivity contribution in [2.75, 3.05) is 13.7 Å². The van der Waals surface area contributed by atoms with Crippen molar-refractivity contribution in [3.63, 3.8) is 0 Å². The third kappa shape index (κ3) is 3.62. The molecule has 1 atom stereocenters. The minimum absolute atomic E-state index is 0.0991. The normalized spacial score (nSPS) is 13.1. The number of halogens is 2. The molecule has 0 amide bonds. The highest BCUT2D eigenvalue weighted by molar-refractivity contribution is 9.12. The first-order valence-corrected chi connectivity index (χ1v) is 6.74. The molecule has 1 heterocycles. The first kappa shape index (κ1) is 12.6. The predicted octanol–water partition coefficient (Wildman–Crippen LogP) is 3.70. The van der Waals surface area contributed by atoms with Gasteiger partial charge in [0.2, 0.25) is 0 Å². The smallest absolute Gasteiger partial charge is 0.0758 e. The van der Waals surface area contributed by atoms with Gasteiger partial charge in [-0.2, -0.15) is 0 Å². The Hall–Kier alpha value is 0.580. The maximum atomic E-state index is 6.05. The Morgan fingerprint density at radius 3 is 2.79 bits per heavy atom. The summed E-state index contributed by atoms with van der Waals surface area (Å²) in [4.78, 5) is 0. The second kappa shape index (κ2) is 6.23. The number of rotatable bonds is 5.